The van der Waals surface area contributed by atoms with Gasteiger partial charge in [-0.2, -0.15) is 0 Å². The number of urea groups is 1. The molecule has 0 spiro atoms. The van der Waals surface area contributed by atoms with Crippen molar-refractivity contribution in [2.45, 2.75) is 76.2 Å². The van der Waals surface area contributed by atoms with Gasteiger partial charge in [0.2, 0.25) is 10.0 Å². The first-order valence-corrected chi connectivity index (χ1v) is 15.4. The summed E-state index contributed by atoms with van der Waals surface area (Å²) in [6.45, 7) is 6.97. The molecule has 3 N–H and O–H groups in total. The van der Waals surface area contributed by atoms with Crippen LogP contribution in [0.3, 0.4) is 0 Å². The van der Waals surface area contributed by atoms with Gasteiger partial charge in [-0.1, -0.05) is 43.5 Å². The van der Waals surface area contributed by atoms with E-state index in [1.807, 2.05) is 0 Å². The number of carbonyl (C=O) groups is 1. The third-order valence-electron chi connectivity index (χ3n) is 6.30. The largest absolute Gasteiger partial charge is 0.323 e. The van der Waals surface area contributed by atoms with Crippen LogP contribution in [0.5, 0.6) is 0 Å². The van der Waals surface area contributed by atoms with Gasteiger partial charge in [0.25, 0.3) is 0 Å². The molecule has 4 rings (SSSR count). The van der Waals surface area contributed by atoms with Crippen molar-refractivity contribution >= 4 is 39.2 Å². The Morgan fingerprint density at radius 3 is 2.51 bits per heavy atom. The van der Waals surface area contributed by atoms with E-state index in [9.17, 15) is 17.6 Å². The lowest BCUT2D eigenvalue weighted by Gasteiger charge is -2.22. The van der Waals surface area contributed by atoms with Crippen molar-refractivity contribution in [1.82, 2.24) is 15.0 Å². The highest BCUT2D eigenvalue weighted by atomic mass is 32.2. The monoisotopic (exact) mass is 570 g/mol. The number of anilines is 1. The van der Waals surface area contributed by atoms with E-state index in [0.717, 1.165) is 22.7 Å². The molecule has 7 nitrogen and oxygen atoms in total. The number of hydrogen-bond donors (Lipinski definition) is 3. The number of benzene rings is 2. The smallest absolute Gasteiger partial charge is 0.312 e. The first-order valence-electron chi connectivity index (χ1n) is 13.1. The Labute approximate surface area is 234 Å². The maximum absolute atomic E-state index is 14.0. The Balaban J connectivity index is 1.61. The first-order chi connectivity index (χ1) is 18.4. The van der Waals surface area contributed by atoms with Crippen LogP contribution >= 0.6 is 11.3 Å². The second kappa shape index (κ2) is 12.0. The number of hydrogen-bond acceptors (Lipinski definition) is 5. The fraction of sp³-hybridized carbons (Fsp3) is 0.379. The lowest BCUT2D eigenvalue weighted by atomic mass is 9.90. The first kappa shape index (κ1) is 28.9. The third-order valence-corrected chi connectivity index (χ3v) is 9.29. The summed E-state index contributed by atoms with van der Waals surface area (Å²) in [7, 11) is -3.94. The minimum absolute atomic E-state index is 0.0627. The number of amides is 2. The van der Waals surface area contributed by atoms with Crippen LogP contribution in [0.2, 0.25) is 0 Å². The molecular weight excluding hydrogens is 535 g/mol. The lowest BCUT2D eigenvalue weighted by Crippen LogP contribution is -2.40. The number of rotatable bonds is 7. The SMILES string of the molecule is CC(=Cc1ccccc1F)NC(=O)Nc1ccc(-c2cnc(C3CCCCC3)s2)c(S(=O)(=O)NC(C)(C)C)c1. The van der Waals surface area contributed by atoms with E-state index in [1.54, 1.807) is 64.2 Å². The summed E-state index contributed by atoms with van der Waals surface area (Å²) in [5.41, 5.74) is 0.913. The maximum atomic E-state index is 14.0. The molecule has 0 unspecified atom stereocenters. The summed E-state index contributed by atoms with van der Waals surface area (Å²) in [5, 5.41) is 6.39. The zero-order chi connectivity index (χ0) is 28.2. The average molecular weight is 571 g/mol. The van der Waals surface area contributed by atoms with Crippen LogP contribution in [0.15, 0.2) is 59.3 Å². The summed E-state index contributed by atoms with van der Waals surface area (Å²) < 4.78 is 43.7. The molecule has 0 atom stereocenters. The van der Waals surface area contributed by atoms with Gasteiger partial charge in [-0.3, -0.25) is 0 Å². The summed E-state index contributed by atoms with van der Waals surface area (Å²) in [6.07, 6.45) is 9.10. The van der Waals surface area contributed by atoms with Gasteiger partial charge in [0.15, 0.2) is 0 Å². The molecule has 2 amide bonds. The number of halogens is 1. The summed E-state index contributed by atoms with van der Waals surface area (Å²) in [4.78, 5) is 18.2. The van der Waals surface area contributed by atoms with Crippen LogP contribution in [-0.4, -0.2) is 25.0 Å². The number of allylic oxidation sites excluding steroid dienone is 1. The highest BCUT2D eigenvalue weighted by molar-refractivity contribution is 7.89. The van der Waals surface area contributed by atoms with Crippen molar-refractivity contribution in [3.05, 3.63) is 70.7 Å². The van der Waals surface area contributed by atoms with E-state index in [4.69, 9.17) is 0 Å². The van der Waals surface area contributed by atoms with Crippen LogP contribution in [0.4, 0.5) is 14.9 Å². The van der Waals surface area contributed by atoms with Crippen molar-refractivity contribution in [2.75, 3.05) is 5.32 Å². The Hall–Kier alpha value is -3.08. The average Bonchev–Trinajstić information content (AvgIpc) is 3.35. The molecule has 0 aliphatic heterocycles. The van der Waals surface area contributed by atoms with Gasteiger partial charge in [-0.05, 0) is 64.8 Å². The molecule has 3 aromatic rings. The fourth-order valence-corrected chi connectivity index (χ4v) is 7.49. The number of carbonyl (C=O) groups excluding carboxylic acids is 1. The van der Waals surface area contributed by atoms with Gasteiger partial charge < -0.3 is 10.6 Å². The number of sulfonamides is 1. The van der Waals surface area contributed by atoms with E-state index in [0.29, 0.717) is 28.4 Å². The van der Waals surface area contributed by atoms with Gasteiger partial charge in [-0.25, -0.2) is 27.3 Å². The van der Waals surface area contributed by atoms with Gasteiger partial charge in [0.05, 0.1) is 14.8 Å². The van der Waals surface area contributed by atoms with Crippen LogP contribution in [0.25, 0.3) is 16.5 Å². The van der Waals surface area contributed by atoms with Gasteiger partial charge in [-0.15, -0.1) is 11.3 Å². The molecule has 1 aliphatic rings. The van der Waals surface area contributed by atoms with E-state index in [1.165, 1.54) is 48.8 Å². The molecule has 10 heteroatoms. The minimum atomic E-state index is -3.94. The topological polar surface area (TPSA) is 100 Å². The van der Waals surface area contributed by atoms with Gasteiger partial charge in [0, 0.05) is 40.2 Å². The molecule has 0 saturated heterocycles. The molecular formula is C29H35FN4O3S2. The van der Waals surface area contributed by atoms with E-state index in [-0.39, 0.29) is 4.90 Å². The third kappa shape index (κ3) is 7.74. The second-order valence-electron chi connectivity index (χ2n) is 10.9. The van der Waals surface area contributed by atoms with Crippen LogP contribution < -0.4 is 15.4 Å². The molecule has 1 saturated carbocycles. The fourth-order valence-electron chi connectivity index (χ4n) is 4.64. The normalized spacial score (nSPS) is 15.3. The molecule has 1 heterocycles. The van der Waals surface area contributed by atoms with Crippen LogP contribution in [0, 0.1) is 5.82 Å². The number of nitrogens with one attached hydrogen (secondary N) is 3. The number of nitrogens with zero attached hydrogens (tertiary/aromatic N) is 1. The Morgan fingerprint density at radius 2 is 1.82 bits per heavy atom. The molecule has 1 aliphatic carbocycles. The van der Waals surface area contributed by atoms with Gasteiger partial charge in [0.1, 0.15) is 5.82 Å². The highest BCUT2D eigenvalue weighted by Gasteiger charge is 2.27. The van der Waals surface area contributed by atoms with Gasteiger partial charge >= 0.3 is 6.03 Å². The standard InChI is InChI=1S/C29H35FN4O3S2/c1-19(16-21-12-8-9-13-24(21)30)32-28(35)33-22-14-15-23(26(17-22)39(36,37)34-29(2,3)4)25-18-31-27(38-25)20-10-6-5-7-11-20/h8-9,12-18,20,34H,5-7,10-11H2,1-4H3,(H2,32,33,35). The van der Waals surface area contributed by atoms with Crippen LogP contribution in [-0.2, 0) is 10.0 Å². The zero-order valence-corrected chi connectivity index (χ0v) is 24.3. The molecule has 208 valence electrons. The van der Waals surface area contributed by atoms with E-state index in [2.05, 4.69) is 20.3 Å². The lowest BCUT2D eigenvalue weighted by molar-refractivity contribution is 0.254. The maximum Gasteiger partial charge on any atom is 0.323 e. The van der Waals surface area contributed by atoms with Crippen LogP contribution in [0.1, 0.15) is 76.3 Å². The molecule has 1 fully saturated rings. The summed E-state index contributed by atoms with van der Waals surface area (Å²) in [5.74, 6) is 0.0149. The predicted molar refractivity (Wildman–Crippen MR) is 156 cm³/mol. The Kier molecular flexibility index (Phi) is 8.88. The number of aromatic nitrogens is 1. The molecule has 0 bridgehead atoms. The zero-order valence-electron chi connectivity index (χ0n) is 22.7. The Bertz CT molecular complexity index is 1470. The van der Waals surface area contributed by atoms with Crippen molar-refractivity contribution in [2.24, 2.45) is 0 Å². The summed E-state index contributed by atoms with van der Waals surface area (Å²) in [6, 6.07) is 10.5. The highest BCUT2D eigenvalue weighted by Crippen LogP contribution is 2.39. The molecule has 0 radical (unpaired) electrons. The van der Waals surface area contributed by atoms with Crippen molar-refractivity contribution in [3.8, 4) is 10.4 Å². The molecule has 39 heavy (non-hydrogen) atoms. The van der Waals surface area contributed by atoms with Crippen molar-refractivity contribution in [3.63, 3.8) is 0 Å². The molecule has 1 aromatic heterocycles. The number of thiazole rings is 1. The van der Waals surface area contributed by atoms with Crippen molar-refractivity contribution in [1.29, 1.82) is 0 Å². The minimum Gasteiger partial charge on any atom is -0.312 e. The summed E-state index contributed by atoms with van der Waals surface area (Å²) >= 11 is 1.53. The second-order valence-corrected chi connectivity index (χ2v) is 13.6. The van der Waals surface area contributed by atoms with Crippen molar-refractivity contribution < 1.29 is 17.6 Å². The quantitative estimate of drug-likeness (QED) is 0.278. The van der Waals surface area contributed by atoms with E-state index < -0.39 is 27.4 Å². The Morgan fingerprint density at radius 1 is 1.10 bits per heavy atom. The van der Waals surface area contributed by atoms with E-state index >= 15 is 0 Å². The molecule has 2 aromatic carbocycles. The predicted octanol–water partition coefficient (Wildman–Crippen LogP) is 7.26.